The molecule has 10 nitrogen and oxygen atoms in total. The van der Waals surface area contributed by atoms with Crippen molar-refractivity contribution in [2.75, 3.05) is 45.7 Å². The van der Waals surface area contributed by atoms with Gasteiger partial charge < -0.3 is 24.6 Å². The third-order valence-corrected chi connectivity index (χ3v) is 7.38. The summed E-state index contributed by atoms with van der Waals surface area (Å²) in [4.78, 5) is 40.3. The molecular formula is C25H28N4O6S. The normalized spacial score (nSPS) is 16.5. The van der Waals surface area contributed by atoms with Crippen LogP contribution in [0.1, 0.15) is 40.0 Å². The molecule has 0 aromatic heterocycles. The van der Waals surface area contributed by atoms with Crippen LogP contribution in [0, 0.1) is 15.5 Å². The monoisotopic (exact) mass is 512 g/mol. The lowest BCUT2D eigenvalue weighted by molar-refractivity contribution is -0.385. The zero-order valence-corrected chi connectivity index (χ0v) is 21.0. The number of methoxy groups -OCH3 is 2. The van der Waals surface area contributed by atoms with Gasteiger partial charge in [-0.1, -0.05) is 12.1 Å². The van der Waals surface area contributed by atoms with Crippen molar-refractivity contribution in [1.29, 1.82) is 0 Å². The number of hydrogen-bond donors (Lipinski definition) is 1. The number of likely N-dealkylation sites (tertiary alicyclic amines) is 2. The van der Waals surface area contributed by atoms with Crippen LogP contribution in [0.4, 0.5) is 11.4 Å². The minimum absolute atomic E-state index is 0.00537. The number of nitro benzene ring substituents is 1. The Kier molecular flexibility index (Phi) is 7.39. The molecule has 2 saturated heterocycles. The smallest absolute Gasteiger partial charge is 0.345 e. The molecule has 2 aliphatic heterocycles. The number of hydrogen-bond acceptors (Lipinski definition) is 7. The fourth-order valence-electron chi connectivity index (χ4n) is 4.96. The molecule has 190 valence electrons. The van der Waals surface area contributed by atoms with E-state index in [1.807, 2.05) is 24.3 Å². The zero-order valence-electron chi connectivity index (χ0n) is 20.2. The number of carbonyl (C=O) groups is 2. The lowest BCUT2D eigenvalue weighted by Gasteiger charge is -2.40. The van der Waals surface area contributed by atoms with Crippen LogP contribution in [0.2, 0.25) is 0 Å². The standard InChI is InChI=1S/C25H28N4O6S/c1-34-18-6-3-5-17(15-18)26-24(36)27-12-9-25(10-13-27)11-14-28(16-25)22(30)19-7-4-8-20(29(32)33)21(19)23(31)35-2/h3-8,15H,9-14,16H2,1-2H3,(H,26,36). The maximum Gasteiger partial charge on any atom is 0.345 e. The first-order valence-electron chi connectivity index (χ1n) is 11.6. The number of ether oxygens (including phenoxy) is 2. The minimum Gasteiger partial charge on any atom is -0.497 e. The highest BCUT2D eigenvalue weighted by Gasteiger charge is 2.43. The van der Waals surface area contributed by atoms with Crippen LogP contribution < -0.4 is 10.1 Å². The van der Waals surface area contributed by atoms with E-state index in [0.717, 1.165) is 50.9 Å². The van der Waals surface area contributed by atoms with E-state index in [0.29, 0.717) is 18.2 Å². The highest BCUT2D eigenvalue weighted by atomic mass is 32.1. The summed E-state index contributed by atoms with van der Waals surface area (Å²) in [5.74, 6) is -0.547. The molecule has 0 atom stereocenters. The lowest BCUT2D eigenvalue weighted by Crippen LogP contribution is -2.46. The average Bonchev–Trinajstić information content (AvgIpc) is 3.30. The van der Waals surface area contributed by atoms with Gasteiger partial charge in [-0.15, -0.1) is 0 Å². The van der Waals surface area contributed by atoms with E-state index in [1.165, 1.54) is 18.2 Å². The molecule has 2 aliphatic rings. The van der Waals surface area contributed by atoms with E-state index in [1.54, 1.807) is 12.0 Å². The van der Waals surface area contributed by atoms with Crippen molar-refractivity contribution in [2.45, 2.75) is 19.3 Å². The van der Waals surface area contributed by atoms with Crippen LogP contribution in [0.5, 0.6) is 5.75 Å². The average molecular weight is 513 g/mol. The molecule has 0 saturated carbocycles. The quantitative estimate of drug-likeness (QED) is 0.277. The second-order valence-corrected chi connectivity index (χ2v) is 9.46. The van der Waals surface area contributed by atoms with Crippen LogP contribution >= 0.6 is 12.2 Å². The number of nitrogens with zero attached hydrogens (tertiary/aromatic N) is 3. The van der Waals surface area contributed by atoms with Crippen molar-refractivity contribution < 1.29 is 24.0 Å². The lowest BCUT2D eigenvalue weighted by atomic mass is 9.78. The number of nitro groups is 1. The molecule has 1 N–H and O–H groups in total. The number of benzene rings is 2. The Bertz CT molecular complexity index is 1190. The molecule has 2 fully saturated rings. The Morgan fingerprint density at radius 3 is 2.36 bits per heavy atom. The van der Waals surface area contributed by atoms with Crippen molar-refractivity contribution in [2.24, 2.45) is 5.41 Å². The maximum absolute atomic E-state index is 13.4. The summed E-state index contributed by atoms with van der Waals surface area (Å²) in [7, 11) is 2.76. The Balaban J connectivity index is 1.41. The molecule has 36 heavy (non-hydrogen) atoms. The fraction of sp³-hybridized carbons (Fsp3) is 0.400. The minimum atomic E-state index is -0.898. The third-order valence-electron chi connectivity index (χ3n) is 7.02. The van der Waals surface area contributed by atoms with E-state index in [4.69, 9.17) is 21.7 Å². The molecule has 0 unspecified atom stereocenters. The van der Waals surface area contributed by atoms with Gasteiger partial charge in [-0.25, -0.2) is 4.79 Å². The number of carbonyl (C=O) groups excluding carboxylic acids is 2. The van der Waals surface area contributed by atoms with E-state index in [9.17, 15) is 19.7 Å². The molecule has 2 aromatic rings. The number of anilines is 1. The SMILES string of the molecule is COC(=O)c1c(C(=O)N2CCC3(CCN(C(=S)Nc4cccc(OC)c4)CC3)C2)cccc1[N+](=O)[O-]. The van der Waals surface area contributed by atoms with Gasteiger partial charge in [0, 0.05) is 44.0 Å². The number of thiocarbonyl (C=S) groups is 1. The molecule has 11 heteroatoms. The second kappa shape index (κ2) is 10.5. The van der Waals surface area contributed by atoms with E-state index >= 15 is 0 Å². The number of piperidine rings is 1. The van der Waals surface area contributed by atoms with Gasteiger partial charge in [0.2, 0.25) is 0 Å². The Morgan fingerprint density at radius 1 is 1.06 bits per heavy atom. The molecule has 1 spiro atoms. The fourth-order valence-corrected chi connectivity index (χ4v) is 5.26. The van der Waals surface area contributed by atoms with E-state index in [2.05, 4.69) is 10.2 Å². The maximum atomic E-state index is 13.4. The largest absolute Gasteiger partial charge is 0.497 e. The van der Waals surface area contributed by atoms with Crippen molar-refractivity contribution in [3.63, 3.8) is 0 Å². The first kappa shape index (κ1) is 25.4. The Hall–Kier alpha value is -3.73. The molecule has 4 rings (SSSR count). The molecule has 2 aromatic carbocycles. The number of amides is 1. The van der Waals surface area contributed by atoms with Crippen LogP contribution in [0.3, 0.4) is 0 Å². The summed E-state index contributed by atoms with van der Waals surface area (Å²) in [6, 6.07) is 11.6. The Morgan fingerprint density at radius 2 is 1.72 bits per heavy atom. The molecule has 1 amide bonds. The molecular weight excluding hydrogens is 484 g/mol. The predicted molar refractivity (Wildman–Crippen MR) is 137 cm³/mol. The summed E-state index contributed by atoms with van der Waals surface area (Å²) in [6.07, 6.45) is 2.54. The molecule has 2 heterocycles. The van der Waals surface area contributed by atoms with Crippen LogP contribution in [0.15, 0.2) is 42.5 Å². The van der Waals surface area contributed by atoms with E-state index < -0.39 is 22.5 Å². The highest BCUT2D eigenvalue weighted by molar-refractivity contribution is 7.80. The van der Waals surface area contributed by atoms with Crippen LogP contribution in [0.25, 0.3) is 0 Å². The predicted octanol–water partition coefficient (Wildman–Crippen LogP) is 3.72. The van der Waals surface area contributed by atoms with Gasteiger partial charge in [-0.2, -0.15) is 0 Å². The van der Waals surface area contributed by atoms with Crippen molar-refractivity contribution in [3.05, 3.63) is 63.7 Å². The van der Waals surface area contributed by atoms with Gasteiger partial charge in [0.15, 0.2) is 5.11 Å². The zero-order chi connectivity index (χ0) is 25.9. The van der Waals surface area contributed by atoms with Gasteiger partial charge in [-0.05, 0) is 55.1 Å². The topological polar surface area (TPSA) is 114 Å². The van der Waals surface area contributed by atoms with Crippen LogP contribution in [-0.2, 0) is 4.74 Å². The van der Waals surface area contributed by atoms with Gasteiger partial charge >= 0.3 is 5.97 Å². The summed E-state index contributed by atoms with van der Waals surface area (Å²) in [5.41, 5.74) is 0.0562. The first-order chi connectivity index (χ1) is 17.3. The second-order valence-electron chi connectivity index (χ2n) is 9.07. The summed E-state index contributed by atoms with van der Waals surface area (Å²) in [5, 5.41) is 15.4. The molecule has 0 radical (unpaired) electrons. The van der Waals surface area contributed by atoms with Crippen molar-refractivity contribution >= 4 is 40.6 Å². The highest BCUT2D eigenvalue weighted by Crippen LogP contribution is 2.41. The van der Waals surface area contributed by atoms with Crippen molar-refractivity contribution in [3.8, 4) is 5.75 Å². The van der Waals surface area contributed by atoms with Crippen LogP contribution in [-0.4, -0.2) is 72.1 Å². The summed E-state index contributed by atoms with van der Waals surface area (Å²) < 4.78 is 10.00. The summed E-state index contributed by atoms with van der Waals surface area (Å²) >= 11 is 5.62. The Labute approximate surface area is 214 Å². The molecule has 0 aliphatic carbocycles. The van der Waals surface area contributed by atoms with Crippen molar-refractivity contribution in [1.82, 2.24) is 9.80 Å². The first-order valence-corrected chi connectivity index (χ1v) is 12.0. The molecule has 0 bridgehead atoms. The van der Waals surface area contributed by atoms with Gasteiger partial charge in [0.1, 0.15) is 11.3 Å². The van der Waals surface area contributed by atoms with Gasteiger partial charge in [-0.3, -0.25) is 14.9 Å². The van der Waals surface area contributed by atoms with Gasteiger partial charge in [0.25, 0.3) is 11.6 Å². The van der Waals surface area contributed by atoms with Gasteiger partial charge in [0.05, 0.1) is 24.7 Å². The van der Waals surface area contributed by atoms with E-state index in [-0.39, 0.29) is 16.5 Å². The summed E-state index contributed by atoms with van der Waals surface area (Å²) in [6.45, 7) is 2.55. The number of nitrogens with one attached hydrogen (secondary N) is 1. The third kappa shape index (κ3) is 5.11. The number of rotatable bonds is 5. The number of esters is 1.